The third-order valence-corrected chi connectivity index (χ3v) is 3.53. The van der Waals surface area contributed by atoms with E-state index in [1.807, 2.05) is 13.8 Å². The Balaban J connectivity index is 2.49. The molecule has 106 valence electrons. The highest BCUT2D eigenvalue weighted by Crippen LogP contribution is 2.15. The van der Waals surface area contributed by atoms with Crippen molar-refractivity contribution >= 4 is 5.91 Å². The van der Waals surface area contributed by atoms with Gasteiger partial charge in [0.1, 0.15) is 0 Å². The van der Waals surface area contributed by atoms with Gasteiger partial charge in [0.25, 0.3) is 0 Å². The highest BCUT2D eigenvalue weighted by molar-refractivity contribution is 5.84. The van der Waals surface area contributed by atoms with Crippen molar-refractivity contribution in [1.82, 2.24) is 10.2 Å². The van der Waals surface area contributed by atoms with Crippen LogP contribution in [0.4, 0.5) is 0 Å². The number of nitrogens with zero attached hydrogens (tertiary/aromatic N) is 1. The maximum absolute atomic E-state index is 11.5. The third-order valence-electron chi connectivity index (χ3n) is 3.53. The Bertz CT molecular complexity index is 275. The monoisotopic (exact) mass is 257 g/mol. The van der Waals surface area contributed by atoms with Gasteiger partial charge in [0.15, 0.2) is 0 Å². The van der Waals surface area contributed by atoms with Gasteiger partial charge in [-0.05, 0) is 33.7 Å². The number of ether oxygens (including phenoxy) is 1. The van der Waals surface area contributed by atoms with Gasteiger partial charge in [-0.2, -0.15) is 0 Å². The summed E-state index contributed by atoms with van der Waals surface area (Å²) in [6.45, 7) is 11.5. The first kappa shape index (κ1) is 15.4. The highest BCUT2D eigenvalue weighted by Gasteiger charge is 2.31. The van der Waals surface area contributed by atoms with Crippen molar-refractivity contribution in [3.63, 3.8) is 0 Å². The van der Waals surface area contributed by atoms with E-state index in [9.17, 15) is 4.79 Å². The number of hydrogen-bond acceptors (Lipinski definition) is 4. The quantitative estimate of drug-likeness (QED) is 0.720. The second kappa shape index (κ2) is 6.50. The van der Waals surface area contributed by atoms with Gasteiger partial charge in [0.2, 0.25) is 5.91 Å². The van der Waals surface area contributed by atoms with E-state index in [1.165, 1.54) is 0 Å². The Morgan fingerprint density at radius 3 is 2.44 bits per heavy atom. The lowest BCUT2D eigenvalue weighted by molar-refractivity contribution is -0.124. The molecule has 1 aliphatic rings. The molecule has 0 aromatic rings. The van der Waals surface area contributed by atoms with Crippen molar-refractivity contribution in [3.05, 3.63) is 0 Å². The predicted octanol–water partition coefficient (Wildman–Crippen LogP) is 0.339. The van der Waals surface area contributed by atoms with E-state index in [0.717, 1.165) is 32.6 Å². The molecular formula is C13H27N3O2. The average molecular weight is 257 g/mol. The van der Waals surface area contributed by atoms with Crippen molar-refractivity contribution in [2.75, 3.05) is 26.2 Å². The molecular weight excluding hydrogens is 230 g/mol. The molecule has 0 aliphatic carbocycles. The number of carbonyl (C=O) groups is 1. The largest absolute Gasteiger partial charge is 0.373 e. The summed E-state index contributed by atoms with van der Waals surface area (Å²) in [6.07, 6.45) is 1.25. The van der Waals surface area contributed by atoms with Crippen LogP contribution >= 0.6 is 0 Å². The van der Waals surface area contributed by atoms with Crippen LogP contribution in [0.1, 0.15) is 34.1 Å². The maximum atomic E-state index is 11.5. The van der Waals surface area contributed by atoms with Gasteiger partial charge < -0.3 is 15.8 Å². The smallest absolute Gasteiger partial charge is 0.237 e. The molecule has 0 spiro atoms. The average Bonchev–Trinajstić information content (AvgIpc) is 2.25. The zero-order valence-corrected chi connectivity index (χ0v) is 12.0. The lowest BCUT2D eigenvalue weighted by atomic mass is 9.96. The first-order valence-corrected chi connectivity index (χ1v) is 6.80. The Labute approximate surface area is 110 Å². The number of primary amides is 1. The predicted molar refractivity (Wildman–Crippen MR) is 72.3 cm³/mol. The number of amides is 1. The minimum Gasteiger partial charge on any atom is -0.373 e. The van der Waals surface area contributed by atoms with Crippen LogP contribution in [0, 0.1) is 0 Å². The molecule has 0 aromatic heterocycles. The van der Waals surface area contributed by atoms with Gasteiger partial charge in [-0.25, -0.2) is 0 Å². The van der Waals surface area contributed by atoms with Crippen LogP contribution in [0.15, 0.2) is 0 Å². The fourth-order valence-electron chi connectivity index (χ4n) is 2.54. The van der Waals surface area contributed by atoms with E-state index in [2.05, 4.69) is 24.1 Å². The molecule has 1 aliphatic heterocycles. The molecule has 5 heteroatoms. The van der Waals surface area contributed by atoms with Crippen molar-refractivity contribution in [2.45, 2.75) is 51.9 Å². The second-order valence-electron chi connectivity index (χ2n) is 5.49. The number of nitrogens with one attached hydrogen (secondary N) is 1. The molecule has 1 heterocycles. The number of nitrogens with two attached hydrogens (primary N) is 1. The van der Waals surface area contributed by atoms with Crippen LogP contribution in [0.2, 0.25) is 0 Å². The summed E-state index contributed by atoms with van der Waals surface area (Å²) < 4.78 is 5.69. The second-order valence-corrected chi connectivity index (χ2v) is 5.49. The molecule has 3 atom stereocenters. The molecule has 1 rings (SSSR count). The van der Waals surface area contributed by atoms with Gasteiger partial charge in [-0.3, -0.25) is 9.69 Å². The fourth-order valence-corrected chi connectivity index (χ4v) is 2.54. The van der Waals surface area contributed by atoms with Gasteiger partial charge in [0, 0.05) is 19.6 Å². The first-order chi connectivity index (χ1) is 8.37. The molecule has 1 saturated heterocycles. The van der Waals surface area contributed by atoms with Crippen molar-refractivity contribution in [3.8, 4) is 0 Å². The molecule has 0 saturated carbocycles. The molecule has 0 aromatic carbocycles. The lowest BCUT2D eigenvalue weighted by Crippen LogP contribution is -2.55. The van der Waals surface area contributed by atoms with Gasteiger partial charge in [-0.15, -0.1) is 0 Å². The fraction of sp³-hybridized carbons (Fsp3) is 0.923. The third kappa shape index (κ3) is 4.23. The summed E-state index contributed by atoms with van der Waals surface area (Å²) in [4.78, 5) is 13.9. The Kier molecular flexibility index (Phi) is 5.56. The summed E-state index contributed by atoms with van der Waals surface area (Å²) in [5.74, 6) is -0.279. The minimum atomic E-state index is -0.612. The molecule has 1 amide bonds. The van der Waals surface area contributed by atoms with E-state index < -0.39 is 5.54 Å². The van der Waals surface area contributed by atoms with E-state index in [1.54, 1.807) is 0 Å². The highest BCUT2D eigenvalue weighted by atomic mass is 16.5. The molecule has 1 fully saturated rings. The van der Waals surface area contributed by atoms with E-state index in [0.29, 0.717) is 0 Å². The molecule has 18 heavy (non-hydrogen) atoms. The zero-order chi connectivity index (χ0) is 13.8. The van der Waals surface area contributed by atoms with E-state index in [4.69, 9.17) is 10.5 Å². The number of morpholine rings is 1. The van der Waals surface area contributed by atoms with Crippen LogP contribution in [-0.2, 0) is 9.53 Å². The topological polar surface area (TPSA) is 67.6 Å². The number of rotatable bonds is 6. The first-order valence-electron chi connectivity index (χ1n) is 6.80. The molecule has 3 N–H and O–H groups in total. The van der Waals surface area contributed by atoms with Crippen molar-refractivity contribution in [1.29, 1.82) is 0 Å². The molecule has 0 bridgehead atoms. The van der Waals surface area contributed by atoms with E-state index >= 15 is 0 Å². The summed E-state index contributed by atoms with van der Waals surface area (Å²) in [5.41, 5.74) is 4.87. The zero-order valence-electron chi connectivity index (χ0n) is 12.0. The molecule has 5 nitrogen and oxygen atoms in total. The van der Waals surface area contributed by atoms with Crippen LogP contribution in [0.5, 0.6) is 0 Å². The van der Waals surface area contributed by atoms with Gasteiger partial charge >= 0.3 is 0 Å². The normalized spacial score (nSPS) is 28.9. The van der Waals surface area contributed by atoms with Gasteiger partial charge in [0.05, 0.1) is 17.7 Å². The number of hydrogen-bond donors (Lipinski definition) is 2. The summed E-state index contributed by atoms with van der Waals surface area (Å²) in [5, 5.41) is 3.19. The van der Waals surface area contributed by atoms with Crippen LogP contribution < -0.4 is 11.1 Å². The lowest BCUT2D eigenvalue weighted by Gasteiger charge is -2.37. The van der Waals surface area contributed by atoms with E-state index in [-0.39, 0.29) is 18.1 Å². The molecule has 0 radical (unpaired) electrons. The van der Waals surface area contributed by atoms with Crippen LogP contribution in [0.3, 0.4) is 0 Å². The van der Waals surface area contributed by atoms with Gasteiger partial charge in [-0.1, -0.05) is 6.92 Å². The van der Waals surface area contributed by atoms with Crippen LogP contribution in [0.25, 0.3) is 0 Å². The minimum absolute atomic E-state index is 0.257. The number of carbonyl (C=O) groups excluding carboxylic acids is 1. The SMILES string of the molecule is CCNC(C)(CCN1CC(C)OC(C)C1)C(N)=O. The Morgan fingerprint density at radius 2 is 2.00 bits per heavy atom. The van der Waals surface area contributed by atoms with Crippen molar-refractivity contribution in [2.24, 2.45) is 5.73 Å². The molecule has 3 unspecified atom stereocenters. The summed E-state index contributed by atoms with van der Waals surface area (Å²) in [6, 6.07) is 0. The maximum Gasteiger partial charge on any atom is 0.237 e. The summed E-state index contributed by atoms with van der Waals surface area (Å²) in [7, 11) is 0. The Morgan fingerprint density at radius 1 is 1.44 bits per heavy atom. The van der Waals surface area contributed by atoms with Crippen molar-refractivity contribution < 1.29 is 9.53 Å². The standard InChI is InChI=1S/C13H27N3O2/c1-5-15-13(4,12(14)17)6-7-16-8-10(2)18-11(3)9-16/h10-11,15H,5-9H2,1-4H3,(H2,14,17). The summed E-state index contributed by atoms with van der Waals surface area (Å²) >= 11 is 0. The van der Waals surface area contributed by atoms with Crippen LogP contribution in [-0.4, -0.2) is 54.7 Å². The Hall–Kier alpha value is -0.650. The number of likely N-dealkylation sites (N-methyl/N-ethyl adjacent to an activating group) is 1.